The van der Waals surface area contributed by atoms with Crippen molar-refractivity contribution < 1.29 is 183 Å². The Hall–Kier alpha value is -0.160. The number of amides is 2. The smallest absolute Gasteiger partial charge is 0.744 e. The van der Waals surface area contributed by atoms with E-state index >= 15 is 0 Å². The van der Waals surface area contributed by atoms with Crippen LogP contribution in [0.2, 0.25) is 0 Å². The van der Waals surface area contributed by atoms with E-state index in [1.807, 2.05) is 0 Å². The van der Waals surface area contributed by atoms with Crippen LogP contribution < -0.4 is 139 Å². The van der Waals surface area contributed by atoms with Crippen LogP contribution in [0.4, 0.5) is 11.4 Å². The molecule has 0 atom stereocenters. The Labute approximate surface area is 392 Å². The zero-order valence-corrected chi connectivity index (χ0v) is 38.7. The minimum atomic E-state index is -5.07. The molecule has 16 nitrogen and oxygen atoms in total. The SMILES string of the molecule is O=C(Nc1cc2ccc(S(=O)(=O)[O-])cc2cc1SOO[O-])c1ccc(C(=O)Nc2cc3ccc(SOO[O-])cc3cc2S(=O)(=O)[O-])cc1.[Na+].[Na+].[Na+].[Na+]. The molecule has 52 heavy (non-hydrogen) atoms. The van der Waals surface area contributed by atoms with Crippen molar-refractivity contribution in [2.24, 2.45) is 0 Å². The van der Waals surface area contributed by atoms with Crippen molar-refractivity contribution >= 4 is 89.1 Å². The van der Waals surface area contributed by atoms with E-state index in [0.717, 1.165) is 18.2 Å². The number of hydrogen-bond acceptors (Lipinski definition) is 16. The minimum absolute atomic E-state index is 0. The molecule has 5 aromatic rings. The van der Waals surface area contributed by atoms with Crippen molar-refractivity contribution in [3.05, 3.63) is 96.1 Å². The Kier molecular flexibility index (Phi) is 21.1. The first-order valence-corrected chi connectivity index (χ1v) is 17.1. The van der Waals surface area contributed by atoms with Crippen LogP contribution in [0.1, 0.15) is 20.7 Å². The third-order valence-electron chi connectivity index (χ3n) is 6.59. The maximum absolute atomic E-state index is 13.1. The molecule has 250 valence electrons. The second kappa shape index (κ2) is 22.0. The first kappa shape index (κ1) is 49.9. The van der Waals surface area contributed by atoms with Gasteiger partial charge in [-0.15, -0.1) is 0 Å². The van der Waals surface area contributed by atoms with Crippen molar-refractivity contribution in [3.63, 3.8) is 0 Å². The fourth-order valence-electron chi connectivity index (χ4n) is 4.45. The van der Waals surface area contributed by atoms with Crippen LogP contribution in [0, 0.1) is 0 Å². The largest absolute Gasteiger partial charge is 1.00 e. The molecule has 0 aliphatic rings. The fraction of sp³-hybridized carbons (Fsp3) is 0. The Morgan fingerprint density at radius 2 is 1.06 bits per heavy atom. The van der Waals surface area contributed by atoms with E-state index in [0.29, 0.717) is 39.8 Å². The van der Waals surface area contributed by atoms with E-state index in [2.05, 4.69) is 29.4 Å². The predicted octanol–water partition coefficient (Wildman–Crippen LogP) is -9.22. The van der Waals surface area contributed by atoms with Gasteiger partial charge in [0.05, 0.1) is 50.1 Å². The van der Waals surface area contributed by atoms with Gasteiger partial charge in [0.1, 0.15) is 20.2 Å². The number of hydrogen-bond donors (Lipinski definition) is 2. The standard InChI is InChI=1S/C28H20N2O14S4.4Na/c31-27(29-23-11-18-6-8-22(47(35,36)37)10-20(18)13-25(23)46-44-42-34)15-1-3-16(4-2-15)28(32)30-24-12-17-5-7-21(45-43-41-33)9-19(17)14-26(24)48(38,39)40;;;;/h1-14,33-34H,(H,29,31)(H,30,32)(H,35,36,37)(H,38,39,40);;;;/q;4*+1/p-4. The van der Waals surface area contributed by atoms with Crippen molar-refractivity contribution in [1.29, 1.82) is 0 Å². The predicted molar refractivity (Wildman–Crippen MR) is 162 cm³/mol. The van der Waals surface area contributed by atoms with Gasteiger partial charge in [0.25, 0.3) is 11.8 Å². The van der Waals surface area contributed by atoms with Crippen LogP contribution in [-0.4, -0.2) is 37.8 Å². The average Bonchev–Trinajstić information content (AvgIpc) is 3.04. The third-order valence-corrected chi connectivity index (χ3v) is 9.51. The summed E-state index contributed by atoms with van der Waals surface area (Å²) in [6, 6.07) is 18.3. The molecule has 5 rings (SSSR count). The Balaban J connectivity index is 0.00000338. The zero-order chi connectivity index (χ0) is 34.6. The third kappa shape index (κ3) is 12.9. The Morgan fingerprint density at radius 1 is 0.558 bits per heavy atom. The first-order chi connectivity index (χ1) is 22.8. The van der Waals surface area contributed by atoms with Crippen molar-refractivity contribution in [2.45, 2.75) is 19.6 Å². The molecule has 0 saturated heterocycles. The monoisotopic (exact) mass is 824 g/mol. The van der Waals surface area contributed by atoms with Crippen molar-refractivity contribution in [1.82, 2.24) is 0 Å². The van der Waals surface area contributed by atoms with E-state index < -0.39 is 41.8 Å². The second-order valence-electron chi connectivity index (χ2n) is 9.55. The van der Waals surface area contributed by atoms with E-state index in [1.54, 1.807) is 0 Å². The van der Waals surface area contributed by atoms with E-state index in [9.17, 15) is 46.0 Å². The molecule has 0 aliphatic heterocycles. The molecule has 0 bridgehead atoms. The summed E-state index contributed by atoms with van der Waals surface area (Å²) >= 11 is 0.967. The van der Waals surface area contributed by atoms with E-state index in [-0.39, 0.29) is 156 Å². The fourth-order valence-corrected chi connectivity index (χ4v) is 6.49. The van der Waals surface area contributed by atoms with Gasteiger partial charge in [0.2, 0.25) is 0 Å². The summed E-state index contributed by atoms with van der Waals surface area (Å²) in [5.74, 6) is -1.48. The number of fused-ring (bicyclic) bond motifs is 2. The van der Waals surface area contributed by atoms with Crippen LogP contribution in [0.3, 0.4) is 0 Å². The summed E-state index contributed by atoms with van der Waals surface area (Å²) < 4.78 is 79.0. The number of benzene rings is 5. The number of carbonyl (C=O) groups is 2. The summed E-state index contributed by atoms with van der Waals surface area (Å²) in [6.07, 6.45) is 0. The van der Waals surface area contributed by atoms with Crippen LogP contribution in [0.5, 0.6) is 0 Å². The molecule has 0 aromatic heterocycles. The quantitative estimate of drug-likeness (QED) is 0.0389. The van der Waals surface area contributed by atoms with Crippen molar-refractivity contribution in [2.75, 3.05) is 10.6 Å². The maximum atomic E-state index is 13.1. The minimum Gasteiger partial charge on any atom is -0.744 e. The average molecular weight is 825 g/mol. The molecule has 0 radical (unpaired) electrons. The van der Waals surface area contributed by atoms with Gasteiger partial charge in [0.15, 0.2) is 0 Å². The molecule has 0 unspecified atom stereocenters. The van der Waals surface area contributed by atoms with Gasteiger partial charge in [-0.05, 0) is 94.3 Å². The van der Waals surface area contributed by atoms with Crippen LogP contribution in [0.25, 0.3) is 21.5 Å². The molecule has 0 saturated carbocycles. The normalized spacial score (nSPS) is 11.0. The van der Waals surface area contributed by atoms with Gasteiger partial charge < -0.3 is 30.3 Å². The second-order valence-corrected chi connectivity index (χ2v) is 13.8. The van der Waals surface area contributed by atoms with Gasteiger partial charge >= 0.3 is 118 Å². The summed E-state index contributed by atoms with van der Waals surface area (Å²) in [4.78, 5) is 25.4. The summed E-state index contributed by atoms with van der Waals surface area (Å²) in [7, 11) is -9.83. The zero-order valence-electron chi connectivity index (χ0n) is 27.4. The maximum Gasteiger partial charge on any atom is 1.00 e. The topological polar surface area (TPSA) is 256 Å². The molecule has 24 heteroatoms. The summed E-state index contributed by atoms with van der Waals surface area (Å²) in [5, 5.41) is 33.6. The first-order valence-electron chi connectivity index (χ1n) is 12.8. The summed E-state index contributed by atoms with van der Waals surface area (Å²) in [6.45, 7) is 0. The number of carbonyl (C=O) groups excluding carboxylic acids is 2. The molecule has 2 N–H and O–H groups in total. The molecule has 2 amide bonds. The van der Waals surface area contributed by atoms with E-state index in [4.69, 9.17) is 0 Å². The molecular weight excluding hydrogens is 809 g/mol. The van der Waals surface area contributed by atoms with Gasteiger partial charge in [-0.1, -0.05) is 12.1 Å². The number of nitrogens with one attached hydrogen (secondary N) is 2. The Morgan fingerprint density at radius 3 is 1.60 bits per heavy atom. The molecule has 0 heterocycles. The van der Waals surface area contributed by atoms with E-state index in [1.165, 1.54) is 66.7 Å². The van der Waals surface area contributed by atoms with Gasteiger partial charge in [-0.3, -0.25) is 19.7 Å². The van der Waals surface area contributed by atoms with Gasteiger partial charge in [-0.25, -0.2) is 16.8 Å². The molecule has 0 aliphatic carbocycles. The van der Waals surface area contributed by atoms with Crippen molar-refractivity contribution in [3.8, 4) is 0 Å². The van der Waals surface area contributed by atoms with Crippen LogP contribution >= 0.6 is 24.1 Å². The molecule has 5 aromatic carbocycles. The number of rotatable bonds is 12. The van der Waals surface area contributed by atoms with Gasteiger partial charge in [0, 0.05) is 16.0 Å². The number of anilines is 2. The molecule has 0 fully saturated rings. The van der Waals surface area contributed by atoms with Crippen LogP contribution in [0.15, 0.2) is 105 Å². The summed E-state index contributed by atoms with van der Waals surface area (Å²) in [5.41, 5.74) is -0.123. The van der Waals surface area contributed by atoms with Gasteiger partial charge in [-0.2, -0.15) is 8.67 Å². The molecule has 0 spiro atoms. The Bertz CT molecular complexity index is 2290. The van der Waals surface area contributed by atoms with Crippen LogP contribution in [-0.2, 0) is 39.0 Å². The molecular formula is C28H16N2Na4O14S4.